The Morgan fingerprint density at radius 1 is 0.565 bits per heavy atom. The molecule has 0 radical (unpaired) electrons. The minimum absolute atomic E-state index is 1.15. The van der Waals surface area contributed by atoms with E-state index >= 15 is 0 Å². The SMILES string of the molecule is Cc1cc2c(cc1C)-c1ccc(cc1)CCCc1ccc-2cc1. The molecule has 3 aromatic rings. The Kier molecular flexibility index (Phi) is 3.53. The van der Waals surface area contributed by atoms with Crippen molar-refractivity contribution in [2.45, 2.75) is 33.1 Å². The van der Waals surface area contributed by atoms with Crippen molar-refractivity contribution in [1.82, 2.24) is 0 Å². The van der Waals surface area contributed by atoms with Crippen LogP contribution in [0.1, 0.15) is 28.7 Å². The van der Waals surface area contributed by atoms with Gasteiger partial charge in [0.15, 0.2) is 0 Å². The van der Waals surface area contributed by atoms with E-state index in [0.29, 0.717) is 0 Å². The third kappa shape index (κ3) is 2.70. The van der Waals surface area contributed by atoms with E-state index in [4.69, 9.17) is 0 Å². The van der Waals surface area contributed by atoms with E-state index in [9.17, 15) is 0 Å². The summed E-state index contributed by atoms with van der Waals surface area (Å²) in [5.41, 5.74) is 10.9. The van der Waals surface area contributed by atoms with Gasteiger partial charge in [-0.05, 0) is 77.6 Å². The summed E-state index contributed by atoms with van der Waals surface area (Å²) in [5.74, 6) is 0. The number of benzene rings is 3. The highest BCUT2D eigenvalue weighted by Gasteiger charge is 2.11. The lowest BCUT2D eigenvalue weighted by Gasteiger charge is -2.14. The second-order valence-electron chi connectivity index (χ2n) is 6.73. The van der Waals surface area contributed by atoms with E-state index in [1.807, 2.05) is 0 Å². The van der Waals surface area contributed by atoms with Crippen LogP contribution in [0.3, 0.4) is 0 Å². The van der Waals surface area contributed by atoms with E-state index < -0.39 is 0 Å². The van der Waals surface area contributed by atoms with Crippen molar-refractivity contribution in [1.29, 1.82) is 0 Å². The summed E-state index contributed by atoms with van der Waals surface area (Å²) >= 11 is 0. The van der Waals surface area contributed by atoms with Gasteiger partial charge in [-0.2, -0.15) is 0 Å². The molecule has 0 unspecified atom stereocenters. The summed E-state index contributed by atoms with van der Waals surface area (Å²) in [6.07, 6.45) is 3.52. The summed E-state index contributed by atoms with van der Waals surface area (Å²) in [6.45, 7) is 4.41. The second-order valence-corrected chi connectivity index (χ2v) is 6.73. The van der Waals surface area contributed by atoms with Crippen LogP contribution in [-0.4, -0.2) is 0 Å². The minimum atomic E-state index is 1.15. The zero-order valence-corrected chi connectivity index (χ0v) is 13.9. The third-order valence-electron chi connectivity index (χ3n) is 5.09. The van der Waals surface area contributed by atoms with Crippen LogP contribution in [0.4, 0.5) is 0 Å². The van der Waals surface area contributed by atoms with Gasteiger partial charge in [0.05, 0.1) is 0 Å². The predicted molar refractivity (Wildman–Crippen MR) is 98.8 cm³/mol. The normalized spacial score (nSPS) is 13.1. The monoisotopic (exact) mass is 298 g/mol. The van der Waals surface area contributed by atoms with Crippen LogP contribution in [-0.2, 0) is 12.8 Å². The molecule has 0 fully saturated rings. The molecule has 4 aliphatic rings. The van der Waals surface area contributed by atoms with Gasteiger partial charge in [0.25, 0.3) is 0 Å². The van der Waals surface area contributed by atoms with Crippen LogP contribution in [0.15, 0.2) is 60.7 Å². The topological polar surface area (TPSA) is 0 Å². The standard InChI is InChI=1S/C23H22/c1-16-14-22-20-10-6-18(7-11-20)4-3-5-19-8-12-21(13-9-19)23(22)15-17(16)2/h6-15H,3-5H2,1-2H3. The molecule has 7 rings (SSSR count). The van der Waals surface area contributed by atoms with Gasteiger partial charge in [-0.15, -0.1) is 0 Å². The molecule has 0 aromatic heterocycles. The van der Waals surface area contributed by atoms with Crippen molar-refractivity contribution in [3.8, 4) is 22.3 Å². The molecule has 0 heterocycles. The fraction of sp³-hybridized carbons (Fsp3) is 0.217. The molecular weight excluding hydrogens is 276 g/mol. The van der Waals surface area contributed by atoms with E-state index in [1.54, 1.807) is 0 Å². The van der Waals surface area contributed by atoms with Crippen LogP contribution in [0.5, 0.6) is 0 Å². The number of rotatable bonds is 0. The van der Waals surface area contributed by atoms with Crippen LogP contribution in [0.25, 0.3) is 22.3 Å². The van der Waals surface area contributed by atoms with Gasteiger partial charge in [0.1, 0.15) is 0 Å². The maximum Gasteiger partial charge on any atom is -0.0103 e. The first-order chi connectivity index (χ1) is 11.2. The molecule has 114 valence electrons. The van der Waals surface area contributed by atoms with Gasteiger partial charge in [-0.1, -0.05) is 60.7 Å². The number of hydrogen-bond acceptors (Lipinski definition) is 0. The van der Waals surface area contributed by atoms with Crippen molar-refractivity contribution >= 4 is 0 Å². The zero-order valence-electron chi connectivity index (χ0n) is 13.9. The maximum atomic E-state index is 2.34. The molecule has 0 heteroatoms. The molecule has 0 aliphatic heterocycles. The van der Waals surface area contributed by atoms with Crippen LogP contribution < -0.4 is 0 Å². The molecule has 0 saturated carbocycles. The quantitative estimate of drug-likeness (QED) is 0.468. The Labute approximate surface area is 138 Å². The smallest absolute Gasteiger partial charge is 0.0103 e. The lowest BCUT2D eigenvalue weighted by atomic mass is 9.90. The van der Waals surface area contributed by atoms with E-state index in [2.05, 4.69) is 74.5 Å². The second kappa shape index (κ2) is 5.70. The Hall–Kier alpha value is -2.34. The summed E-state index contributed by atoms with van der Waals surface area (Å²) in [4.78, 5) is 0. The molecule has 23 heavy (non-hydrogen) atoms. The summed E-state index contributed by atoms with van der Waals surface area (Å²) < 4.78 is 0. The Bertz CT molecular complexity index is 764. The number of hydrogen-bond donors (Lipinski definition) is 0. The first kappa shape index (κ1) is 14.3. The van der Waals surface area contributed by atoms with E-state index in [1.165, 1.54) is 50.9 Å². The summed E-state index contributed by atoms with van der Waals surface area (Å²) in [5, 5.41) is 0. The van der Waals surface area contributed by atoms with Crippen molar-refractivity contribution in [3.63, 3.8) is 0 Å². The minimum Gasteiger partial charge on any atom is -0.0584 e. The molecule has 0 amide bonds. The summed E-state index contributed by atoms with van der Waals surface area (Å²) in [7, 11) is 0. The van der Waals surface area contributed by atoms with Crippen LogP contribution >= 0.6 is 0 Å². The van der Waals surface area contributed by atoms with Gasteiger partial charge in [-0.25, -0.2) is 0 Å². The first-order valence-electron chi connectivity index (χ1n) is 8.50. The fourth-order valence-electron chi connectivity index (χ4n) is 3.49. The van der Waals surface area contributed by atoms with Gasteiger partial charge < -0.3 is 0 Å². The van der Waals surface area contributed by atoms with Crippen LogP contribution in [0, 0.1) is 13.8 Å². The summed E-state index contributed by atoms with van der Waals surface area (Å²) in [6, 6.07) is 23.0. The van der Waals surface area contributed by atoms with Gasteiger partial charge in [0, 0.05) is 0 Å². The Morgan fingerprint density at radius 3 is 1.35 bits per heavy atom. The zero-order chi connectivity index (χ0) is 15.8. The fourth-order valence-corrected chi connectivity index (χ4v) is 3.49. The highest BCUT2D eigenvalue weighted by atomic mass is 14.2. The average molecular weight is 298 g/mol. The number of aryl methyl sites for hydroxylation is 4. The lowest BCUT2D eigenvalue weighted by molar-refractivity contribution is 0.821. The van der Waals surface area contributed by atoms with Crippen molar-refractivity contribution < 1.29 is 0 Å². The Balaban J connectivity index is 1.99. The molecule has 0 spiro atoms. The van der Waals surface area contributed by atoms with Crippen molar-refractivity contribution in [3.05, 3.63) is 82.9 Å². The molecule has 0 atom stereocenters. The maximum absolute atomic E-state index is 2.34. The van der Waals surface area contributed by atoms with Crippen LogP contribution in [0.2, 0.25) is 0 Å². The van der Waals surface area contributed by atoms with E-state index in [-0.39, 0.29) is 0 Å². The van der Waals surface area contributed by atoms with E-state index in [0.717, 1.165) is 12.8 Å². The molecule has 4 bridgehead atoms. The highest BCUT2D eigenvalue weighted by molar-refractivity contribution is 5.84. The highest BCUT2D eigenvalue weighted by Crippen LogP contribution is 2.35. The molecular formula is C23H22. The van der Waals surface area contributed by atoms with Crippen molar-refractivity contribution in [2.24, 2.45) is 0 Å². The largest absolute Gasteiger partial charge is 0.0584 e. The molecule has 4 aliphatic carbocycles. The van der Waals surface area contributed by atoms with Gasteiger partial charge >= 0.3 is 0 Å². The molecule has 0 N–H and O–H groups in total. The predicted octanol–water partition coefficient (Wildman–Crippen LogP) is 6.13. The molecule has 3 aromatic carbocycles. The molecule has 0 nitrogen and oxygen atoms in total. The van der Waals surface area contributed by atoms with Gasteiger partial charge in [-0.3, -0.25) is 0 Å². The Morgan fingerprint density at radius 2 is 0.957 bits per heavy atom. The lowest BCUT2D eigenvalue weighted by Crippen LogP contribution is -1.90. The third-order valence-corrected chi connectivity index (χ3v) is 5.09. The molecule has 0 saturated heterocycles. The average Bonchev–Trinajstić information content (AvgIpc) is 2.61. The van der Waals surface area contributed by atoms with Crippen molar-refractivity contribution in [2.75, 3.05) is 0 Å². The van der Waals surface area contributed by atoms with Gasteiger partial charge in [0.2, 0.25) is 0 Å². The first-order valence-corrected chi connectivity index (χ1v) is 8.50.